The van der Waals surface area contributed by atoms with Gasteiger partial charge >= 0.3 is 0 Å². The Kier molecular flexibility index (Phi) is 5.83. The lowest BCUT2D eigenvalue weighted by molar-refractivity contribution is 0.323. The number of nitrogens with two attached hydrogens (primary N) is 1. The molecule has 0 heterocycles. The number of hydrogen-bond acceptors (Lipinski definition) is 1. The number of hydrogen-bond donors (Lipinski definition) is 1. The van der Waals surface area contributed by atoms with Gasteiger partial charge in [-0.05, 0) is 58.8 Å². The van der Waals surface area contributed by atoms with Gasteiger partial charge in [0, 0.05) is 6.04 Å². The van der Waals surface area contributed by atoms with Gasteiger partial charge in [0.2, 0.25) is 0 Å². The van der Waals surface area contributed by atoms with Gasteiger partial charge in [-0.2, -0.15) is 0 Å². The summed E-state index contributed by atoms with van der Waals surface area (Å²) in [7, 11) is 0. The summed E-state index contributed by atoms with van der Waals surface area (Å²) in [6.45, 7) is 0. The van der Waals surface area contributed by atoms with Crippen LogP contribution in [0.1, 0.15) is 50.5 Å². The molecule has 1 aliphatic carbocycles. The first kappa shape index (κ1) is 15.0. The molecule has 1 saturated carbocycles. The van der Waals surface area contributed by atoms with Crippen molar-refractivity contribution in [2.24, 2.45) is 11.7 Å². The third-order valence-corrected chi connectivity index (χ3v) is 4.76. The normalized spacial score (nSPS) is 18.5. The lowest BCUT2D eigenvalue weighted by atomic mass is 9.85. The maximum Gasteiger partial charge on any atom is 0.137 e. The zero-order valence-electron chi connectivity index (χ0n) is 11.4. The highest BCUT2D eigenvalue weighted by Crippen LogP contribution is 2.28. The van der Waals surface area contributed by atoms with Crippen LogP contribution in [0.4, 0.5) is 4.39 Å². The van der Waals surface area contributed by atoms with Crippen LogP contribution in [0, 0.1) is 11.7 Å². The van der Waals surface area contributed by atoms with Gasteiger partial charge in [-0.1, -0.05) is 38.2 Å². The second kappa shape index (κ2) is 7.39. The van der Waals surface area contributed by atoms with E-state index in [1.54, 1.807) is 0 Å². The molecule has 1 aromatic carbocycles. The molecular weight excluding hydrogens is 305 g/mol. The summed E-state index contributed by atoms with van der Waals surface area (Å²) in [5.74, 6) is 0.680. The number of halogens is 2. The molecule has 2 rings (SSSR count). The first-order chi connectivity index (χ1) is 9.15. The summed E-state index contributed by atoms with van der Waals surface area (Å²) in [6, 6.07) is 5.38. The van der Waals surface area contributed by atoms with Gasteiger partial charge < -0.3 is 5.73 Å². The largest absolute Gasteiger partial charge is 0.327 e. The van der Waals surface area contributed by atoms with Crippen LogP contribution in [-0.4, -0.2) is 6.04 Å². The van der Waals surface area contributed by atoms with E-state index >= 15 is 0 Å². The highest BCUT2D eigenvalue weighted by Gasteiger charge is 2.15. The fraction of sp³-hybridized carbons (Fsp3) is 0.625. The van der Waals surface area contributed by atoms with Gasteiger partial charge in [0.1, 0.15) is 5.82 Å². The highest BCUT2D eigenvalue weighted by atomic mass is 79.9. The lowest BCUT2D eigenvalue weighted by Gasteiger charge is -2.23. The summed E-state index contributed by atoms with van der Waals surface area (Å²) in [5.41, 5.74) is 7.32. The van der Waals surface area contributed by atoms with Crippen molar-refractivity contribution in [3.63, 3.8) is 0 Å². The fourth-order valence-electron chi connectivity index (χ4n) is 3.00. The minimum Gasteiger partial charge on any atom is -0.327 e. The Morgan fingerprint density at radius 2 is 2.00 bits per heavy atom. The Morgan fingerprint density at radius 3 is 2.68 bits per heavy atom. The van der Waals surface area contributed by atoms with E-state index in [0.29, 0.717) is 4.47 Å². The van der Waals surface area contributed by atoms with Crippen LogP contribution in [0.2, 0.25) is 0 Å². The first-order valence-electron chi connectivity index (χ1n) is 7.34. The minimum atomic E-state index is -0.209. The van der Waals surface area contributed by atoms with Crippen molar-refractivity contribution in [3.8, 4) is 0 Å². The van der Waals surface area contributed by atoms with Crippen LogP contribution >= 0.6 is 15.9 Å². The van der Waals surface area contributed by atoms with E-state index in [0.717, 1.165) is 24.3 Å². The SMILES string of the molecule is NC(CCC1CCCCC1)Cc1ccc(F)c(Br)c1. The first-order valence-corrected chi connectivity index (χ1v) is 8.14. The average molecular weight is 328 g/mol. The molecule has 2 N–H and O–H groups in total. The average Bonchev–Trinajstić information content (AvgIpc) is 2.42. The van der Waals surface area contributed by atoms with Gasteiger partial charge in [0.25, 0.3) is 0 Å². The second-order valence-corrected chi connectivity index (χ2v) is 6.65. The quantitative estimate of drug-likeness (QED) is 0.824. The van der Waals surface area contributed by atoms with Crippen molar-refractivity contribution >= 4 is 15.9 Å². The van der Waals surface area contributed by atoms with E-state index in [2.05, 4.69) is 15.9 Å². The minimum absolute atomic E-state index is 0.194. The lowest BCUT2D eigenvalue weighted by Crippen LogP contribution is -2.24. The van der Waals surface area contributed by atoms with Gasteiger partial charge in [0.15, 0.2) is 0 Å². The summed E-state index contributed by atoms with van der Waals surface area (Å²) < 4.78 is 13.7. The molecule has 0 amide bonds. The zero-order valence-corrected chi connectivity index (χ0v) is 13.0. The molecule has 1 nitrogen and oxygen atoms in total. The van der Waals surface area contributed by atoms with E-state index in [9.17, 15) is 4.39 Å². The predicted molar refractivity (Wildman–Crippen MR) is 81.6 cm³/mol. The zero-order chi connectivity index (χ0) is 13.7. The molecule has 0 aromatic heterocycles. The van der Waals surface area contributed by atoms with E-state index in [1.807, 2.05) is 12.1 Å². The molecule has 0 radical (unpaired) electrons. The van der Waals surface area contributed by atoms with Crippen LogP contribution < -0.4 is 5.73 Å². The van der Waals surface area contributed by atoms with Crippen LogP contribution in [-0.2, 0) is 6.42 Å². The molecule has 3 heteroatoms. The predicted octanol–water partition coefficient (Wildman–Crippen LogP) is 4.82. The molecule has 19 heavy (non-hydrogen) atoms. The molecular formula is C16H23BrFN. The summed E-state index contributed by atoms with van der Waals surface area (Å²) >= 11 is 3.22. The van der Waals surface area contributed by atoms with Crippen molar-refractivity contribution in [2.45, 2.75) is 57.4 Å². The molecule has 1 aliphatic rings. The Labute approximate surface area is 123 Å². The van der Waals surface area contributed by atoms with Crippen molar-refractivity contribution in [2.75, 3.05) is 0 Å². The smallest absolute Gasteiger partial charge is 0.137 e. The molecule has 1 atom stereocenters. The van der Waals surface area contributed by atoms with E-state index in [4.69, 9.17) is 5.73 Å². The van der Waals surface area contributed by atoms with Crippen molar-refractivity contribution in [1.82, 2.24) is 0 Å². The van der Waals surface area contributed by atoms with Crippen molar-refractivity contribution in [1.29, 1.82) is 0 Å². The topological polar surface area (TPSA) is 26.0 Å². The monoisotopic (exact) mass is 327 g/mol. The Morgan fingerprint density at radius 1 is 1.26 bits per heavy atom. The molecule has 1 unspecified atom stereocenters. The van der Waals surface area contributed by atoms with Crippen molar-refractivity contribution < 1.29 is 4.39 Å². The maximum absolute atomic E-state index is 13.1. The van der Waals surface area contributed by atoms with E-state index in [-0.39, 0.29) is 11.9 Å². The Balaban J connectivity index is 1.76. The summed E-state index contributed by atoms with van der Waals surface area (Å²) in [5, 5.41) is 0. The van der Waals surface area contributed by atoms with Gasteiger partial charge in [-0.3, -0.25) is 0 Å². The number of rotatable bonds is 5. The third kappa shape index (κ3) is 4.88. The van der Waals surface area contributed by atoms with Gasteiger partial charge in [-0.15, -0.1) is 0 Å². The molecule has 0 bridgehead atoms. The van der Waals surface area contributed by atoms with Gasteiger partial charge in [0.05, 0.1) is 4.47 Å². The van der Waals surface area contributed by atoms with Crippen LogP contribution in [0.3, 0.4) is 0 Å². The van der Waals surface area contributed by atoms with Gasteiger partial charge in [-0.25, -0.2) is 4.39 Å². The van der Waals surface area contributed by atoms with Crippen LogP contribution in [0.5, 0.6) is 0 Å². The Bertz CT molecular complexity index is 402. The van der Waals surface area contributed by atoms with Crippen LogP contribution in [0.25, 0.3) is 0 Å². The van der Waals surface area contributed by atoms with E-state index in [1.165, 1.54) is 44.6 Å². The van der Waals surface area contributed by atoms with E-state index < -0.39 is 0 Å². The molecule has 0 aliphatic heterocycles. The maximum atomic E-state index is 13.1. The molecule has 1 aromatic rings. The van der Waals surface area contributed by atoms with Crippen LogP contribution in [0.15, 0.2) is 22.7 Å². The highest BCUT2D eigenvalue weighted by molar-refractivity contribution is 9.10. The molecule has 1 fully saturated rings. The third-order valence-electron chi connectivity index (χ3n) is 4.15. The number of benzene rings is 1. The molecule has 0 saturated heterocycles. The standard InChI is InChI=1S/C16H23BrFN/c17-15-11-13(7-9-16(15)18)10-14(19)8-6-12-4-2-1-3-5-12/h7,9,11-12,14H,1-6,8,10,19H2. The molecule has 106 valence electrons. The van der Waals surface area contributed by atoms with Crippen molar-refractivity contribution in [3.05, 3.63) is 34.1 Å². The fourth-order valence-corrected chi connectivity index (χ4v) is 3.42. The second-order valence-electron chi connectivity index (χ2n) is 5.79. The summed E-state index contributed by atoms with van der Waals surface area (Å²) in [6.07, 6.45) is 10.1. The summed E-state index contributed by atoms with van der Waals surface area (Å²) in [4.78, 5) is 0. The molecule has 0 spiro atoms. The Hall–Kier alpha value is -0.410.